The van der Waals surface area contributed by atoms with Gasteiger partial charge in [-0.2, -0.15) is 0 Å². The van der Waals surface area contributed by atoms with E-state index in [1.54, 1.807) is 0 Å². The summed E-state index contributed by atoms with van der Waals surface area (Å²) in [5.41, 5.74) is 1.89. The minimum Gasteiger partial charge on any atom is -0.378 e. The van der Waals surface area contributed by atoms with Gasteiger partial charge in [0.2, 0.25) is 5.91 Å². The molecule has 0 heterocycles. The van der Waals surface area contributed by atoms with Crippen LogP contribution in [0.25, 0.3) is 0 Å². The van der Waals surface area contributed by atoms with Crippen molar-refractivity contribution in [2.75, 3.05) is 30.9 Å². The van der Waals surface area contributed by atoms with Gasteiger partial charge in [-0.25, -0.2) is 0 Å². The summed E-state index contributed by atoms with van der Waals surface area (Å²) in [4.78, 5) is 13.6. The Morgan fingerprint density at radius 3 is 2.65 bits per heavy atom. The lowest BCUT2D eigenvalue weighted by molar-refractivity contribution is -0.115. The average Bonchev–Trinajstić information content (AvgIpc) is 2.26. The molecular weight excluding hydrogens is 214 g/mol. The SMILES string of the molecule is CC(C)NCC(=O)Nc1cccc(N(C)C)c1. The van der Waals surface area contributed by atoms with Crippen LogP contribution in [0, 0.1) is 0 Å². The summed E-state index contributed by atoms with van der Waals surface area (Å²) in [5, 5.41) is 5.94. The van der Waals surface area contributed by atoms with Gasteiger partial charge >= 0.3 is 0 Å². The zero-order valence-corrected chi connectivity index (χ0v) is 10.9. The fraction of sp³-hybridized carbons (Fsp3) is 0.462. The first-order chi connectivity index (χ1) is 7.99. The number of anilines is 2. The van der Waals surface area contributed by atoms with E-state index in [2.05, 4.69) is 10.6 Å². The lowest BCUT2D eigenvalue weighted by atomic mass is 10.2. The largest absolute Gasteiger partial charge is 0.378 e. The Hall–Kier alpha value is -1.55. The van der Waals surface area contributed by atoms with E-state index in [1.165, 1.54) is 0 Å². The Bertz CT molecular complexity index is 375. The first-order valence-electron chi connectivity index (χ1n) is 5.79. The third-order valence-electron chi connectivity index (χ3n) is 2.32. The van der Waals surface area contributed by atoms with Crippen LogP contribution in [-0.2, 0) is 4.79 Å². The molecule has 0 bridgehead atoms. The molecule has 0 aliphatic rings. The Kier molecular flexibility index (Phi) is 4.97. The van der Waals surface area contributed by atoms with Crippen molar-refractivity contribution >= 4 is 17.3 Å². The molecule has 0 saturated carbocycles. The van der Waals surface area contributed by atoms with Crippen LogP contribution in [0.5, 0.6) is 0 Å². The predicted molar refractivity (Wildman–Crippen MR) is 72.5 cm³/mol. The van der Waals surface area contributed by atoms with Gasteiger partial charge in [0.25, 0.3) is 0 Å². The van der Waals surface area contributed by atoms with Crippen LogP contribution >= 0.6 is 0 Å². The van der Waals surface area contributed by atoms with Crippen LogP contribution in [-0.4, -0.2) is 32.6 Å². The van der Waals surface area contributed by atoms with E-state index in [0.29, 0.717) is 12.6 Å². The molecule has 1 amide bonds. The lowest BCUT2D eigenvalue weighted by Crippen LogP contribution is -2.32. The molecular formula is C13H21N3O. The maximum Gasteiger partial charge on any atom is 0.238 e. The zero-order valence-electron chi connectivity index (χ0n) is 10.9. The van der Waals surface area contributed by atoms with E-state index in [9.17, 15) is 4.79 Å². The van der Waals surface area contributed by atoms with E-state index >= 15 is 0 Å². The van der Waals surface area contributed by atoms with Crippen LogP contribution in [0.4, 0.5) is 11.4 Å². The molecule has 0 unspecified atom stereocenters. The number of nitrogens with one attached hydrogen (secondary N) is 2. The monoisotopic (exact) mass is 235 g/mol. The van der Waals surface area contributed by atoms with Crippen LogP contribution in [0.3, 0.4) is 0 Å². The molecule has 0 aliphatic carbocycles. The number of benzene rings is 1. The summed E-state index contributed by atoms with van der Waals surface area (Å²) in [7, 11) is 3.95. The molecule has 0 aromatic heterocycles. The average molecular weight is 235 g/mol. The number of carbonyl (C=O) groups is 1. The molecule has 0 spiro atoms. The van der Waals surface area contributed by atoms with Crippen LogP contribution in [0.2, 0.25) is 0 Å². The highest BCUT2D eigenvalue weighted by Gasteiger charge is 2.04. The molecule has 0 aliphatic heterocycles. The molecule has 94 valence electrons. The third-order valence-corrected chi connectivity index (χ3v) is 2.32. The summed E-state index contributed by atoms with van der Waals surface area (Å²) in [5.74, 6) is -0.0189. The highest BCUT2D eigenvalue weighted by molar-refractivity contribution is 5.92. The van der Waals surface area contributed by atoms with E-state index in [1.807, 2.05) is 57.1 Å². The van der Waals surface area contributed by atoms with Gasteiger partial charge < -0.3 is 15.5 Å². The first-order valence-corrected chi connectivity index (χ1v) is 5.79. The smallest absolute Gasteiger partial charge is 0.238 e. The minimum absolute atomic E-state index is 0.0189. The Balaban J connectivity index is 2.56. The summed E-state index contributed by atoms with van der Waals surface area (Å²) < 4.78 is 0. The number of hydrogen-bond donors (Lipinski definition) is 2. The first kappa shape index (κ1) is 13.5. The summed E-state index contributed by atoms with van der Waals surface area (Å²) in [6.45, 7) is 4.36. The highest BCUT2D eigenvalue weighted by atomic mass is 16.1. The Labute approximate surface area is 103 Å². The molecule has 1 aromatic carbocycles. The van der Waals surface area contributed by atoms with E-state index in [0.717, 1.165) is 11.4 Å². The van der Waals surface area contributed by atoms with Gasteiger partial charge in [-0.15, -0.1) is 0 Å². The second-order valence-electron chi connectivity index (χ2n) is 4.53. The summed E-state index contributed by atoms with van der Waals surface area (Å²) in [6.07, 6.45) is 0. The lowest BCUT2D eigenvalue weighted by Gasteiger charge is -2.14. The normalized spacial score (nSPS) is 10.4. The van der Waals surface area contributed by atoms with Gasteiger partial charge in [-0.1, -0.05) is 19.9 Å². The second-order valence-corrected chi connectivity index (χ2v) is 4.53. The fourth-order valence-corrected chi connectivity index (χ4v) is 1.36. The van der Waals surface area contributed by atoms with Gasteiger partial charge in [0.1, 0.15) is 0 Å². The third kappa shape index (κ3) is 4.87. The van der Waals surface area contributed by atoms with Crippen molar-refractivity contribution in [3.8, 4) is 0 Å². The number of nitrogens with zero attached hydrogens (tertiary/aromatic N) is 1. The molecule has 0 fully saturated rings. The maximum atomic E-state index is 11.6. The molecule has 1 aromatic rings. The number of rotatable bonds is 5. The summed E-state index contributed by atoms with van der Waals surface area (Å²) >= 11 is 0. The van der Waals surface area contributed by atoms with Crippen molar-refractivity contribution in [1.29, 1.82) is 0 Å². The van der Waals surface area contributed by atoms with Crippen molar-refractivity contribution in [3.63, 3.8) is 0 Å². The molecule has 17 heavy (non-hydrogen) atoms. The quantitative estimate of drug-likeness (QED) is 0.816. The second kappa shape index (κ2) is 6.25. The predicted octanol–water partition coefficient (Wildman–Crippen LogP) is 1.69. The van der Waals surface area contributed by atoms with Crippen molar-refractivity contribution in [1.82, 2.24) is 5.32 Å². The Morgan fingerprint density at radius 1 is 1.35 bits per heavy atom. The van der Waals surface area contributed by atoms with Crippen LogP contribution in [0.1, 0.15) is 13.8 Å². The molecule has 0 radical (unpaired) electrons. The highest BCUT2D eigenvalue weighted by Crippen LogP contribution is 2.16. The van der Waals surface area contributed by atoms with Crippen molar-refractivity contribution < 1.29 is 4.79 Å². The van der Waals surface area contributed by atoms with Crippen molar-refractivity contribution in [3.05, 3.63) is 24.3 Å². The topological polar surface area (TPSA) is 44.4 Å². The van der Waals surface area contributed by atoms with Crippen molar-refractivity contribution in [2.45, 2.75) is 19.9 Å². The molecule has 4 heteroatoms. The number of hydrogen-bond acceptors (Lipinski definition) is 3. The zero-order chi connectivity index (χ0) is 12.8. The van der Waals surface area contributed by atoms with Gasteiger partial charge in [0.05, 0.1) is 6.54 Å². The number of amides is 1. The van der Waals surface area contributed by atoms with Crippen molar-refractivity contribution in [2.24, 2.45) is 0 Å². The van der Waals surface area contributed by atoms with E-state index in [-0.39, 0.29) is 5.91 Å². The molecule has 2 N–H and O–H groups in total. The van der Waals surface area contributed by atoms with Gasteiger partial charge in [0.15, 0.2) is 0 Å². The van der Waals surface area contributed by atoms with Crippen LogP contribution < -0.4 is 15.5 Å². The van der Waals surface area contributed by atoms with E-state index in [4.69, 9.17) is 0 Å². The maximum absolute atomic E-state index is 11.6. The molecule has 0 atom stereocenters. The van der Waals surface area contributed by atoms with Gasteiger partial charge in [-0.05, 0) is 18.2 Å². The van der Waals surface area contributed by atoms with Gasteiger partial charge in [0, 0.05) is 31.5 Å². The molecule has 1 rings (SSSR count). The van der Waals surface area contributed by atoms with E-state index < -0.39 is 0 Å². The number of carbonyl (C=O) groups excluding carboxylic acids is 1. The standard InChI is InChI=1S/C13H21N3O/c1-10(2)14-9-13(17)15-11-6-5-7-12(8-11)16(3)4/h5-8,10,14H,9H2,1-4H3,(H,15,17). The van der Waals surface area contributed by atoms with Crippen LogP contribution in [0.15, 0.2) is 24.3 Å². The van der Waals surface area contributed by atoms with Gasteiger partial charge in [-0.3, -0.25) is 4.79 Å². The summed E-state index contributed by atoms with van der Waals surface area (Å²) in [6, 6.07) is 8.09. The Morgan fingerprint density at radius 2 is 2.06 bits per heavy atom. The minimum atomic E-state index is -0.0189. The molecule has 4 nitrogen and oxygen atoms in total. The molecule has 0 saturated heterocycles. The fourth-order valence-electron chi connectivity index (χ4n) is 1.36.